The summed E-state index contributed by atoms with van der Waals surface area (Å²) < 4.78 is 0. The molecule has 0 spiro atoms. The first-order valence-corrected chi connectivity index (χ1v) is 4.40. The van der Waals surface area contributed by atoms with Crippen LogP contribution in [0.25, 0.3) is 0 Å². The maximum absolute atomic E-state index is 9.14. The Morgan fingerprint density at radius 2 is 2.18 bits per heavy atom. The van der Waals surface area contributed by atoms with Crippen molar-refractivity contribution in [2.24, 2.45) is 5.41 Å². The summed E-state index contributed by atoms with van der Waals surface area (Å²) in [6.45, 7) is 9.55. The molecule has 0 radical (unpaired) electrons. The molecule has 1 rings (SSSR count). The summed E-state index contributed by atoms with van der Waals surface area (Å²) in [6, 6.07) is 0. The van der Waals surface area contributed by atoms with Gasteiger partial charge in [-0.3, -0.25) is 0 Å². The monoisotopic (exact) mass is 157 g/mol. The number of rotatable bonds is 2. The van der Waals surface area contributed by atoms with Crippen LogP contribution in [-0.4, -0.2) is 35.7 Å². The highest BCUT2D eigenvalue weighted by Crippen LogP contribution is 2.28. The lowest BCUT2D eigenvalue weighted by Crippen LogP contribution is -2.30. The molecule has 1 atom stereocenters. The number of aliphatic hydroxyl groups excluding tert-OH is 1. The molecule has 2 heteroatoms. The van der Waals surface area contributed by atoms with Gasteiger partial charge in [-0.25, -0.2) is 0 Å². The first-order chi connectivity index (χ1) is 4.99. The summed E-state index contributed by atoms with van der Waals surface area (Å²) >= 11 is 0. The molecule has 2 nitrogen and oxygen atoms in total. The molecule has 0 amide bonds. The molecule has 0 saturated carbocycles. The molecule has 1 aliphatic rings. The Morgan fingerprint density at radius 3 is 2.55 bits per heavy atom. The first-order valence-electron chi connectivity index (χ1n) is 4.40. The van der Waals surface area contributed by atoms with Gasteiger partial charge in [0.05, 0.1) is 6.10 Å². The number of aliphatic hydroxyl groups is 1. The van der Waals surface area contributed by atoms with Crippen molar-refractivity contribution in [3.63, 3.8) is 0 Å². The number of hydrogen-bond donors (Lipinski definition) is 1. The highest BCUT2D eigenvalue weighted by Gasteiger charge is 2.29. The Hall–Kier alpha value is -0.0800. The van der Waals surface area contributed by atoms with E-state index >= 15 is 0 Å². The lowest BCUT2D eigenvalue weighted by atomic mass is 9.93. The average molecular weight is 157 g/mol. The Morgan fingerprint density at radius 1 is 1.55 bits per heavy atom. The summed E-state index contributed by atoms with van der Waals surface area (Å²) in [4.78, 5) is 2.34. The minimum Gasteiger partial charge on any atom is -0.392 e. The number of β-amino-alcohol motifs (C(OH)–C–C–N with tert-alkyl or cyclic N) is 1. The van der Waals surface area contributed by atoms with Crippen molar-refractivity contribution in [2.45, 2.75) is 33.3 Å². The lowest BCUT2D eigenvalue weighted by Gasteiger charge is -2.20. The molecule has 0 aromatic carbocycles. The van der Waals surface area contributed by atoms with Crippen LogP contribution in [0.1, 0.15) is 27.2 Å². The fourth-order valence-corrected chi connectivity index (χ4v) is 1.75. The average Bonchev–Trinajstić information content (AvgIpc) is 2.08. The van der Waals surface area contributed by atoms with Crippen LogP contribution in [0.2, 0.25) is 0 Å². The standard InChI is InChI=1S/C9H19NO/c1-8(11)6-10-5-4-9(2,3)7-10/h8,11H,4-7H2,1-3H3/t8-/m0/s1. The summed E-state index contributed by atoms with van der Waals surface area (Å²) in [5.74, 6) is 0. The predicted octanol–water partition coefficient (Wildman–Crippen LogP) is 1.10. The largest absolute Gasteiger partial charge is 0.392 e. The predicted molar refractivity (Wildman–Crippen MR) is 46.5 cm³/mol. The fraction of sp³-hybridized carbons (Fsp3) is 1.00. The molecule has 0 aromatic rings. The molecule has 66 valence electrons. The van der Waals surface area contributed by atoms with Crippen molar-refractivity contribution in [1.29, 1.82) is 0 Å². The molecule has 1 N–H and O–H groups in total. The third-order valence-corrected chi connectivity index (χ3v) is 2.28. The molecular formula is C9H19NO. The van der Waals surface area contributed by atoms with Crippen LogP contribution in [0.15, 0.2) is 0 Å². The van der Waals surface area contributed by atoms with E-state index in [0.29, 0.717) is 5.41 Å². The second-order valence-corrected chi connectivity index (χ2v) is 4.50. The Bertz CT molecular complexity index is 132. The van der Waals surface area contributed by atoms with Gasteiger partial charge >= 0.3 is 0 Å². The van der Waals surface area contributed by atoms with E-state index in [1.54, 1.807) is 0 Å². The van der Waals surface area contributed by atoms with E-state index in [1.807, 2.05) is 6.92 Å². The van der Waals surface area contributed by atoms with Crippen LogP contribution in [0.4, 0.5) is 0 Å². The lowest BCUT2D eigenvalue weighted by molar-refractivity contribution is 0.135. The van der Waals surface area contributed by atoms with Crippen molar-refractivity contribution in [3.8, 4) is 0 Å². The van der Waals surface area contributed by atoms with E-state index in [1.165, 1.54) is 6.42 Å². The van der Waals surface area contributed by atoms with Gasteiger partial charge in [0, 0.05) is 13.1 Å². The maximum atomic E-state index is 9.14. The summed E-state index contributed by atoms with van der Waals surface area (Å²) in [5, 5.41) is 9.14. The van der Waals surface area contributed by atoms with E-state index in [-0.39, 0.29) is 6.10 Å². The zero-order chi connectivity index (χ0) is 8.48. The first kappa shape index (κ1) is 9.01. The molecule has 0 unspecified atom stereocenters. The van der Waals surface area contributed by atoms with Crippen molar-refractivity contribution < 1.29 is 5.11 Å². The van der Waals surface area contributed by atoms with Crippen LogP contribution in [0.3, 0.4) is 0 Å². The van der Waals surface area contributed by atoms with Gasteiger partial charge in [0.1, 0.15) is 0 Å². The molecule has 0 bridgehead atoms. The zero-order valence-corrected chi connectivity index (χ0v) is 7.80. The van der Waals surface area contributed by atoms with E-state index in [4.69, 9.17) is 5.11 Å². The van der Waals surface area contributed by atoms with Gasteiger partial charge in [-0.2, -0.15) is 0 Å². The number of nitrogens with zero attached hydrogens (tertiary/aromatic N) is 1. The molecule has 1 heterocycles. The summed E-state index contributed by atoms with van der Waals surface area (Å²) in [7, 11) is 0. The zero-order valence-electron chi connectivity index (χ0n) is 7.80. The summed E-state index contributed by atoms with van der Waals surface area (Å²) in [5.41, 5.74) is 0.467. The van der Waals surface area contributed by atoms with Crippen molar-refractivity contribution >= 4 is 0 Å². The Balaban J connectivity index is 2.31. The van der Waals surface area contributed by atoms with E-state index in [0.717, 1.165) is 19.6 Å². The van der Waals surface area contributed by atoms with Crippen LogP contribution in [0, 0.1) is 5.41 Å². The highest BCUT2D eigenvalue weighted by molar-refractivity contribution is 4.82. The van der Waals surface area contributed by atoms with Crippen LogP contribution in [-0.2, 0) is 0 Å². The third-order valence-electron chi connectivity index (χ3n) is 2.28. The molecule has 1 aliphatic heterocycles. The smallest absolute Gasteiger partial charge is 0.0639 e. The van der Waals surface area contributed by atoms with Crippen LogP contribution in [0.5, 0.6) is 0 Å². The van der Waals surface area contributed by atoms with Gasteiger partial charge in [0.15, 0.2) is 0 Å². The molecular weight excluding hydrogens is 138 g/mol. The Kier molecular flexibility index (Phi) is 2.55. The third kappa shape index (κ3) is 2.80. The van der Waals surface area contributed by atoms with E-state index in [9.17, 15) is 0 Å². The Labute approximate surface area is 69.2 Å². The van der Waals surface area contributed by atoms with E-state index < -0.39 is 0 Å². The van der Waals surface area contributed by atoms with Crippen molar-refractivity contribution in [1.82, 2.24) is 4.90 Å². The van der Waals surface area contributed by atoms with E-state index in [2.05, 4.69) is 18.7 Å². The minimum absolute atomic E-state index is 0.177. The topological polar surface area (TPSA) is 23.5 Å². The van der Waals surface area contributed by atoms with Gasteiger partial charge in [-0.1, -0.05) is 13.8 Å². The number of hydrogen-bond acceptors (Lipinski definition) is 2. The van der Waals surface area contributed by atoms with Gasteiger partial charge in [-0.05, 0) is 25.3 Å². The maximum Gasteiger partial charge on any atom is 0.0639 e. The van der Waals surface area contributed by atoms with Gasteiger partial charge in [0.25, 0.3) is 0 Å². The molecule has 0 aliphatic carbocycles. The van der Waals surface area contributed by atoms with Crippen LogP contribution >= 0.6 is 0 Å². The van der Waals surface area contributed by atoms with Gasteiger partial charge in [-0.15, -0.1) is 0 Å². The number of likely N-dealkylation sites (tertiary alicyclic amines) is 1. The van der Waals surface area contributed by atoms with Gasteiger partial charge < -0.3 is 10.0 Å². The van der Waals surface area contributed by atoms with Gasteiger partial charge in [0.2, 0.25) is 0 Å². The SMILES string of the molecule is C[C@H](O)CN1CCC(C)(C)C1. The quantitative estimate of drug-likeness (QED) is 0.649. The second kappa shape index (κ2) is 3.11. The normalized spacial score (nSPS) is 27.3. The molecule has 1 saturated heterocycles. The molecule has 0 aromatic heterocycles. The fourth-order valence-electron chi connectivity index (χ4n) is 1.75. The summed E-state index contributed by atoms with van der Waals surface area (Å²) in [6.07, 6.45) is 1.09. The van der Waals surface area contributed by atoms with Crippen molar-refractivity contribution in [2.75, 3.05) is 19.6 Å². The van der Waals surface area contributed by atoms with Crippen LogP contribution < -0.4 is 0 Å². The van der Waals surface area contributed by atoms with Crippen molar-refractivity contribution in [3.05, 3.63) is 0 Å². The minimum atomic E-state index is -0.177. The highest BCUT2D eigenvalue weighted by atomic mass is 16.3. The molecule has 1 fully saturated rings. The second-order valence-electron chi connectivity index (χ2n) is 4.50. The molecule has 11 heavy (non-hydrogen) atoms.